The van der Waals surface area contributed by atoms with Gasteiger partial charge in [-0.15, -0.1) is 0 Å². The molecule has 0 aliphatic rings. The van der Waals surface area contributed by atoms with Gasteiger partial charge in [-0.2, -0.15) is 0 Å². The number of hydrogen-bond donors (Lipinski definition) is 8. The van der Waals surface area contributed by atoms with Gasteiger partial charge in [0.05, 0.1) is 6.04 Å². The summed E-state index contributed by atoms with van der Waals surface area (Å²) in [5.74, 6) is -3.07. The van der Waals surface area contributed by atoms with Gasteiger partial charge in [0.2, 0.25) is 17.7 Å². The summed E-state index contributed by atoms with van der Waals surface area (Å²) in [5.41, 5.74) is 13.9. The van der Waals surface area contributed by atoms with E-state index >= 15 is 0 Å². The predicted molar refractivity (Wildman–Crippen MR) is 149 cm³/mol. The molecule has 3 rings (SSSR count). The number of amides is 3. The maximum atomic E-state index is 13.6. The number of aromatic nitrogens is 1. The van der Waals surface area contributed by atoms with Crippen LogP contribution in [-0.2, 0) is 32.0 Å². The SMILES string of the molecule is NCCCCC(N)C(=O)NC(Cc1c[nH]c2ccccc12)C(=O)NC(Cc1ccc(O)cc1)C(=O)NCC(=O)O. The van der Waals surface area contributed by atoms with Gasteiger partial charge in [0.1, 0.15) is 24.4 Å². The number of rotatable bonds is 15. The molecule has 3 aromatic rings. The summed E-state index contributed by atoms with van der Waals surface area (Å²) in [5, 5.41) is 27.2. The first-order valence-electron chi connectivity index (χ1n) is 13.1. The lowest BCUT2D eigenvalue weighted by Crippen LogP contribution is -2.57. The number of phenols is 1. The summed E-state index contributed by atoms with van der Waals surface area (Å²) in [7, 11) is 0. The van der Waals surface area contributed by atoms with E-state index < -0.39 is 48.4 Å². The molecule has 214 valence electrons. The number of carbonyl (C=O) groups is 4. The molecular formula is C28H36N6O6. The number of aromatic hydroxyl groups is 1. The number of H-pyrrole nitrogens is 1. The van der Waals surface area contributed by atoms with Crippen molar-refractivity contribution in [2.75, 3.05) is 13.1 Å². The highest BCUT2D eigenvalue weighted by Gasteiger charge is 2.29. The molecule has 3 atom stereocenters. The van der Waals surface area contributed by atoms with Crippen molar-refractivity contribution in [1.82, 2.24) is 20.9 Å². The number of nitrogens with one attached hydrogen (secondary N) is 4. The summed E-state index contributed by atoms with van der Waals surface area (Å²) in [6.45, 7) is -0.153. The molecule has 0 bridgehead atoms. The first-order valence-corrected chi connectivity index (χ1v) is 13.1. The van der Waals surface area contributed by atoms with Crippen molar-refractivity contribution in [3.63, 3.8) is 0 Å². The number of nitrogens with two attached hydrogens (primary N) is 2. The molecule has 1 aromatic heterocycles. The Bertz CT molecular complexity index is 1310. The van der Waals surface area contributed by atoms with Gasteiger partial charge in [-0.25, -0.2) is 0 Å². The number of unbranched alkanes of at least 4 members (excludes halogenated alkanes) is 1. The number of aromatic amines is 1. The predicted octanol–water partition coefficient (Wildman–Crippen LogP) is 0.285. The van der Waals surface area contributed by atoms with Crippen molar-refractivity contribution in [2.24, 2.45) is 11.5 Å². The Labute approximate surface area is 231 Å². The number of phenolic OH excluding ortho intramolecular Hbond substituents is 1. The van der Waals surface area contributed by atoms with E-state index in [4.69, 9.17) is 16.6 Å². The van der Waals surface area contributed by atoms with Gasteiger partial charge in [0.15, 0.2) is 0 Å². The fourth-order valence-corrected chi connectivity index (χ4v) is 4.28. The number of carboxylic acids is 1. The van der Waals surface area contributed by atoms with Crippen LogP contribution >= 0.6 is 0 Å². The smallest absolute Gasteiger partial charge is 0.322 e. The fraction of sp³-hybridized carbons (Fsp3) is 0.357. The lowest BCUT2D eigenvalue weighted by Gasteiger charge is -2.24. The highest BCUT2D eigenvalue weighted by molar-refractivity contribution is 5.94. The van der Waals surface area contributed by atoms with Crippen molar-refractivity contribution < 1.29 is 29.4 Å². The molecule has 2 aromatic carbocycles. The standard InChI is InChI=1S/C28H36N6O6/c29-12-4-3-6-21(30)26(38)33-24(14-18-15-31-22-7-2-1-5-20(18)22)28(40)34-23(27(39)32-16-25(36)37)13-17-8-10-19(35)11-9-17/h1-2,5,7-11,15,21,23-24,31,35H,3-4,6,12-14,16,29-30H2,(H,32,39)(H,33,38)(H,34,40)(H,36,37). The molecule has 40 heavy (non-hydrogen) atoms. The van der Waals surface area contributed by atoms with Gasteiger partial charge in [-0.3, -0.25) is 19.2 Å². The van der Waals surface area contributed by atoms with Gasteiger partial charge in [0, 0.05) is 29.9 Å². The number of carbonyl (C=O) groups excluding carboxylic acids is 3. The number of carboxylic acid groups (broad SMARTS) is 1. The molecule has 3 unspecified atom stereocenters. The van der Waals surface area contributed by atoms with Gasteiger partial charge < -0.3 is 42.6 Å². The topological polar surface area (TPSA) is 213 Å². The Morgan fingerprint density at radius 3 is 2.25 bits per heavy atom. The maximum absolute atomic E-state index is 13.6. The van der Waals surface area contributed by atoms with Crippen LogP contribution in [0.3, 0.4) is 0 Å². The first kappa shape index (κ1) is 30.1. The summed E-state index contributed by atoms with van der Waals surface area (Å²) in [4.78, 5) is 53.6. The molecule has 0 aliphatic carbocycles. The molecule has 0 radical (unpaired) electrons. The van der Waals surface area contributed by atoms with Crippen LogP contribution in [0, 0.1) is 0 Å². The van der Waals surface area contributed by atoms with E-state index in [1.807, 2.05) is 24.3 Å². The zero-order valence-corrected chi connectivity index (χ0v) is 22.1. The van der Waals surface area contributed by atoms with Crippen LogP contribution < -0.4 is 27.4 Å². The Morgan fingerprint density at radius 2 is 1.55 bits per heavy atom. The second-order valence-electron chi connectivity index (χ2n) is 9.56. The highest BCUT2D eigenvalue weighted by atomic mass is 16.4. The summed E-state index contributed by atoms with van der Waals surface area (Å²) < 4.78 is 0. The molecular weight excluding hydrogens is 516 g/mol. The van der Waals surface area contributed by atoms with Crippen LogP contribution in [0.5, 0.6) is 5.75 Å². The molecule has 0 spiro atoms. The van der Waals surface area contributed by atoms with E-state index in [-0.39, 0.29) is 18.6 Å². The number of para-hydroxylation sites is 1. The van der Waals surface area contributed by atoms with Gasteiger partial charge in [-0.05, 0) is 48.7 Å². The van der Waals surface area contributed by atoms with Crippen LogP contribution in [-0.4, -0.2) is 70.1 Å². The van der Waals surface area contributed by atoms with Crippen LogP contribution in [0.4, 0.5) is 0 Å². The Balaban J connectivity index is 1.83. The zero-order valence-electron chi connectivity index (χ0n) is 22.1. The molecule has 0 saturated carbocycles. The van der Waals surface area contributed by atoms with Gasteiger partial charge in [-0.1, -0.05) is 36.8 Å². The number of benzene rings is 2. The van der Waals surface area contributed by atoms with E-state index in [0.29, 0.717) is 31.4 Å². The van der Waals surface area contributed by atoms with Crippen LogP contribution in [0.2, 0.25) is 0 Å². The van der Waals surface area contributed by atoms with E-state index in [9.17, 15) is 24.3 Å². The summed E-state index contributed by atoms with van der Waals surface area (Å²) >= 11 is 0. The van der Waals surface area contributed by atoms with Crippen molar-refractivity contribution in [2.45, 2.75) is 50.2 Å². The molecule has 10 N–H and O–H groups in total. The second kappa shape index (κ2) is 14.7. The monoisotopic (exact) mass is 552 g/mol. The molecule has 0 fully saturated rings. The van der Waals surface area contributed by atoms with Gasteiger partial charge >= 0.3 is 5.97 Å². The lowest BCUT2D eigenvalue weighted by atomic mass is 10.0. The Hall–Kier alpha value is -4.42. The number of hydrogen-bond acceptors (Lipinski definition) is 7. The molecule has 12 nitrogen and oxygen atoms in total. The van der Waals surface area contributed by atoms with Crippen molar-refractivity contribution >= 4 is 34.6 Å². The minimum absolute atomic E-state index is 0.0177. The molecule has 1 heterocycles. The third-order valence-electron chi connectivity index (χ3n) is 6.46. The van der Waals surface area contributed by atoms with Gasteiger partial charge in [0.25, 0.3) is 0 Å². The normalized spacial score (nSPS) is 13.2. The quantitative estimate of drug-likeness (QED) is 0.122. The molecule has 12 heteroatoms. The number of fused-ring (bicyclic) bond motifs is 1. The zero-order chi connectivity index (χ0) is 29.1. The first-order chi connectivity index (χ1) is 19.2. The Morgan fingerprint density at radius 1 is 0.875 bits per heavy atom. The fourth-order valence-electron chi connectivity index (χ4n) is 4.28. The van der Waals surface area contributed by atoms with Crippen molar-refractivity contribution in [3.05, 3.63) is 65.9 Å². The molecule has 0 aliphatic heterocycles. The highest BCUT2D eigenvalue weighted by Crippen LogP contribution is 2.19. The average molecular weight is 553 g/mol. The maximum Gasteiger partial charge on any atom is 0.322 e. The van der Waals surface area contributed by atoms with E-state index in [0.717, 1.165) is 16.5 Å². The largest absolute Gasteiger partial charge is 0.508 e. The minimum Gasteiger partial charge on any atom is -0.508 e. The third kappa shape index (κ3) is 8.82. The number of aliphatic carboxylic acids is 1. The second-order valence-corrected chi connectivity index (χ2v) is 9.56. The van der Waals surface area contributed by atoms with E-state index in [2.05, 4.69) is 20.9 Å². The Kier molecular flexibility index (Phi) is 11.0. The summed E-state index contributed by atoms with van der Waals surface area (Å²) in [6, 6.07) is 10.5. The minimum atomic E-state index is -1.24. The summed E-state index contributed by atoms with van der Waals surface area (Å²) in [6.07, 6.45) is 3.65. The van der Waals surface area contributed by atoms with Crippen LogP contribution in [0.15, 0.2) is 54.7 Å². The van der Waals surface area contributed by atoms with Crippen molar-refractivity contribution in [1.29, 1.82) is 0 Å². The van der Waals surface area contributed by atoms with Crippen LogP contribution in [0.25, 0.3) is 10.9 Å². The van der Waals surface area contributed by atoms with Crippen molar-refractivity contribution in [3.8, 4) is 5.75 Å². The van der Waals surface area contributed by atoms with Crippen LogP contribution in [0.1, 0.15) is 30.4 Å². The third-order valence-corrected chi connectivity index (χ3v) is 6.46. The molecule has 3 amide bonds. The average Bonchev–Trinajstić information content (AvgIpc) is 3.34. The van der Waals surface area contributed by atoms with E-state index in [1.54, 1.807) is 18.3 Å². The van der Waals surface area contributed by atoms with E-state index in [1.165, 1.54) is 12.1 Å². The molecule has 0 saturated heterocycles. The lowest BCUT2D eigenvalue weighted by molar-refractivity contribution is -0.138.